The van der Waals surface area contributed by atoms with Crippen LogP contribution in [0.3, 0.4) is 0 Å². The van der Waals surface area contributed by atoms with Gasteiger partial charge < -0.3 is 5.32 Å². The van der Waals surface area contributed by atoms with Gasteiger partial charge >= 0.3 is 0 Å². The predicted molar refractivity (Wildman–Crippen MR) is 133 cm³/mol. The smallest absolute Gasteiger partial charge is 0.168 e. The largest absolute Gasteiger partial charge is 0.324 e. The lowest BCUT2D eigenvalue weighted by Gasteiger charge is -2.12. The quantitative estimate of drug-likeness (QED) is 0.400. The third-order valence-corrected chi connectivity index (χ3v) is 5.90. The van der Waals surface area contributed by atoms with Crippen molar-refractivity contribution in [2.45, 2.75) is 20.8 Å². The van der Waals surface area contributed by atoms with E-state index in [1.54, 1.807) is 12.5 Å². The minimum atomic E-state index is 0.655. The third-order valence-electron chi connectivity index (χ3n) is 5.90. The molecule has 6 aromatic rings. The topological polar surface area (TPSA) is 86.3 Å². The molecule has 0 aliphatic rings. The summed E-state index contributed by atoms with van der Waals surface area (Å²) < 4.78 is 3.63. The highest BCUT2D eigenvalue weighted by Crippen LogP contribution is 2.28. The molecule has 4 heterocycles. The monoisotopic (exact) mass is 446 g/mol. The maximum absolute atomic E-state index is 4.94. The molecule has 0 bridgehead atoms. The number of nitrogens with one attached hydrogen (secondary N) is 1. The minimum Gasteiger partial charge on any atom is -0.324 e. The Morgan fingerprint density at radius 3 is 2.50 bits per heavy atom. The highest BCUT2D eigenvalue weighted by Gasteiger charge is 2.16. The van der Waals surface area contributed by atoms with Crippen molar-refractivity contribution in [1.29, 1.82) is 0 Å². The number of fused-ring (bicyclic) bond motifs is 2. The van der Waals surface area contributed by atoms with Gasteiger partial charge in [-0.25, -0.2) is 19.6 Å². The molecule has 8 nitrogen and oxygen atoms in total. The molecule has 0 unspecified atom stereocenters. The van der Waals surface area contributed by atoms with E-state index in [-0.39, 0.29) is 0 Å². The zero-order valence-corrected chi connectivity index (χ0v) is 19.1. The molecule has 166 valence electrons. The lowest BCUT2D eigenvalue weighted by molar-refractivity contribution is 0.842. The Bertz CT molecular complexity index is 1660. The molecule has 34 heavy (non-hydrogen) atoms. The van der Waals surface area contributed by atoms with Crippen LogP contribution in [0.25, 0.3) is 33.4 Å². The van der Waals surface area contributed by atoms with E-state index in [2.05, 4.69) is 58.5 Å². The average Bonchev–Trinajstić information content (AvgIpc) is 3.44. The zero-order valence-electron chi connectivity index (χ0n) is 19.1. The van der Waals surface area contributed by atoms with Crippen LogP contribution in [0.2, 0.25) is 0 Å². The summed E-state index contributed by atoms with van der Waals surface area (Å²) in [5.74, 6) is 2.17. The van der Waals surface area contributed by atoms with E-state index >= 15 is 0 Å². The molecule has 0 fully saturated rings. The second-order valence-electron chi connectivity index (χ2n) is 8.33. The van der Waals surface area contributed by atoms with E-state index in [0.717, 1.165) is 56.1 Å². The number of hydrogen-bond donors (Lipinski definition) is 1. The number of nitrogens with zero attached hydrogens (tertiary/aromatic N) is 7. The van der Waals surface area contributed by atoms with Crippen LogP contribution in [0, 0.1) is 20.8 Å². The van der Waals surface area contributed by atoms with Gasteiger partial charge in [-0.15, -0.1) is 0 Å². The summed E-state index contributed by atoms with van der Waals surface area (Å²) in [6.07, 6.45) is 3.32. The number of aryl methyl sites for hydroxylation is 3. The molecule has 0 aliphatic carbocycles. The number of rotatable bonds is 4. The Kier molecular flexibility index (Phi) is 4.58. The lowest BCUT2D eigenvalue weighted by Crippen LogP contribution is -2.07. The summed E-state index contributed by atoms with van der Waals surface area (Å²) in [7, 11) is 0. The summed E-state index contributed by atoms with van der Waals surface area (Å²) in [6.45, 7) is 6.14. The van der Waals surface area contributed by atoms with Gasteiger partial charge in [0.15, 0.2) is 11.5 Å². The summed E-state index contributed by atoms with van der Waals surface area (Å²) in [5, 5.41) is 14.7. The molecule has 2 aromatic carbocycles. The molecular formula is C26H22N8. The van der Waals surface area contributed by atoms with Crippen LogP contribution in [0.15, 0.2) is 73.2 Å². The second-order valence-corrected chi connectivity index (χ2v) is 8.33. The first-order valence-corrected chi connectivity index (χ1v) is 11.0. The van der Waals surface area contributed by atoms with Crippen molar-refractivity contribution in [1.82, 2.24) is 34.5 Å². The number of para-hydroxylation sites is 2. The molecule has 6 rings (SSSR count). The van der Waals surface area contributed by atoms with Crippen LogP contribution < -0.4 is 5.32 Å². The van der Waals surface area contributed by atoms with Crippen LogP contribution in [0.5, 0.6) is 0 Å². The van der Waals surface area contributed by atoms with Crippen molar-refractivity contribution < 1.29 is 0 Å². The van der Waals surface area contributed by atoms with Gasteiger partial charge in [0.25, 0.3) is 0 Å². The zero-order chi connectivity index (χ0) is 23.2. The Morgan fingerprint density at radius 2 is 1.65 bits per heavy atom. The van der Waals surface area contributed by atoms with Crippen molar-refractivity contribution in [3.05, 3.63) is 90.0 Å². The number of anilines is 2. The predicted octanol–water partition coefficient (Wildman–Crippen LogP) is 5.22. The second kappa shape index (κ2) is 7.77. The fourth-order valence-electron chi connectivity index (χ4n) is 4.24. The maximum atomic E-state index is 4.94. The standard InChI is InChI=1S/C26H22N8/c1-16-8-7-11-20-17(2)12-22(30-24(16)20)34-23(13-18(3)32-34)31-25-21-14-29-33(26(21)28-15-27-25)19-9-5-4-6-10-19/h4-15H,1-3H3,(H,27,28,31). The number of benzene rings is 2. The molecule has 8 heteroatoms. The Labute approximate surface area is 195 Å². The fourth-order valence-corrected chi connectivity index (χ4v) is 4.24. The number of aromatic nitrogens is 7. The third kappa shape index (κ3) is 3.27. The number of pyridine rings is 1. The Balaban J connectivity index is 1.45. The van der Waals surface area contributed by atoms with Crippen LogP contribution >= 0.6 is 0 Å². The normalized spacial score (nSPS) is 11.4. The maximum Gasteiger partial charge on any atom is 0.168 e. The van der Waals surface area contributed by atoms with Crippen molar-refractivity contribution in [3.8, 4) is 11.5 Å². The lowest BCUT2D eigenvalue weighted by atomic mass is 10.1. The molecule has 4 aromatic heterocycles. The van der Waals surface area contributed by atoms with Gasteiger partial charge in [0, 0.05) is 11.5 Å². The van der Waals surface area contributed by atoms with E-state index in [4.69, 9.17) is 10.1 Å². The SMILES string of the molecule is Cc1cc(Nc2ncnc3c2cnn3-c2ccccc2)n(-c2cc(C)c3cccc(C)c3n2)n1. The van der Waals surface area contributed by atoms with Crippen molar-refractivity contribution in [2.75, 3.05) is 5.32 Å². The van der Waals surface area contributed by atoms with Crippen LogP contribution in [0.4, 0.5) is 11.6 Å². The van der Waals surface area contributed by atoms with E-state index in [1.165, 1.54) is 0 Å². The van der Waals surface area contributed by atoms with Crippen LogP contribution in [-0.4, -0.2) is 34.5 Å². The minimum absolute atomic E-state index is 0.655. The van der Waals surface area contributed by atoms with Gasteiger partial charge in [-0.1, -0.05) is 36.4 Å². The van der Waals surface area contributed by atoms with Gasteiger partial charge in [0.05, 0.1) is 28.5 Å². The molecular weight excluding hydrogens is 424 g/mol. The number of hydrogen-bond acceptors (Lipinski definition) is 6. The van der Waals surface area contributed by atoms with E-state index in [9.17, 15) is 0 Å². The van der Waals surface area contributed by atoms with Gasteiger partial charge in [-0.2, -0.15) is 14.9 Å². The summed E-state index contributed by atoms with van der Waals surface area (Å²) >= 11 is 0. The average molecular weight is 447 g/mol. The molecule has 0 radical (unpaired) electrons. The molecule has 0 saturated carbocycles. The molecule has 0 aliphatic heterocycles. The first-order valence-electron chi connectivity index (χ1n) is 11.0. The van der Waals surface area contributed by atoms with Crippen LogP contribution in [-0.2, 0) is 0 Å². The molecule has 0 atom stereocenters. The van der Waals surface area contributed by atoms with Crippen molar-refractivity contribution in [3.63, 3.8) is 0 Å². The molecule has 1 N–H and O–H groups in total. The van der Waals surface area contributed by atoms with E-state index in [0.29, 0.717) is 5.82 Å². The fraction of sp³-hybridized carbons (Fsp3) is 0.115. The highest BCUT2D eigenvalue weighted by atomic mass is 15.4. The van der Waals surface area contributed by atoms with E-state index in [1.807, 2.05) is 52.7 Å². The van der Waals surface area contributed by atoms with Crippen molar-refractivity contribution >= 4 is 33.6 Å². The van der Waals surface area contributed by atoms with Gasteiger partial charge in [-0.05, 0) is 50.1 Å². The van der Waals surface area contributed by atoms with Gasteiger partial charge in [0.1, 0.15) is 18.0 Å². The Morgan fingerprint density at radius 1 is 0.794 bits per heavy atom. The van der Waals surface area contributed by atoms with Crippen molar-refractivity contribution in [2.24, 2.45) is 0 Å². The highest BCUT2D eigenvalue weighted by molar-refractivity contribution is 5.89. The van der Waals surface area contributed by atoms with E-state index < -0.39 is 0 Å². The van der Waals surface area contributed by atoms with Gasteiger partial charge in [0.2, 0.25) is 0 Å². The molecule has 0 spiro atoms. The van der Waals surface area contributed by atoms with Gasteiger partial charge in [-0.3, -0.25) is 0 Å². The van der Waals surface area contributed by atoms with Crippen LogP contribution in [0.1, 0.15) is 16.8 Å². The Hall–Kier alpha value is -4.59. The summed E-state index contributed by atoms with van der Waals surface area (Å²) in [6, 6.07) is 20.2. The molecule has 0 amide bonds. The summed E-state index contributed by atoms with van der Waals surface area (Å²) in [4.78, 5) is 13.9. The molecule has 0 saturated heterocycles. The first-order chi connectivity index (χ1) is 16.6. The first kappa shape index (κ1) is 20.0. The summed E-state index contributed by atoms with van der Waals surface area (Å²) in [5.41, 5.74) is 5.79.